The van der Waals surface area contributed by atoms with Gasteiger partial charge in [-0.3, -0.25) is 52.1 Å². The fraction of sp³-hybridized carbons (Fsp3) is 0.556. The number of fused-ring (bicyclic) bond motifs is 2. The normalized spacial score (nSPS) is 23.0. The molecule has 6 rings (SSSR count). The third-order valence-electron chi connectivity index (χ3n) is 8.81. The number of carbonyl (C=O) groups excluding carboxylic acids is 6. The summed E-state index contributed by atoms with van der Waals surface area (Å²) in [6, 6.07) is 0. The van der Waals surface area contributed by atoms with E-state index in [0.29, 0.717) is 6.61 Å². The van der Waals surface area contributed by atoms with Gasteiger partial charge in [0.2, 0.25) is 0 Å². The molecule has 2 aliphatic rings. The second-order valence-electron chi connectivity index (χ2n) is 13.5. The third kappa shape index (κ3) is 11.2. The van der Waals surface area contributed by atoms with Crippen molar-refractivity contribution in [2.24, 2.45) is 0 Å². The quantitative estimate of drug-likeness (QED) is 0.0849. The first-order valence-electron chi connectivity index (χ1n) is 18.7. The van der Waals surface area contributed by atoms with Crippen LogP contribution in [-0.2, 0) is 82.9 Å². The average Bonchev–Trinajstić information content (AvgIpc) is 3.97. The first-order valence-corrected chi connectivity index (χ1v) is 18.7. The minimum Gasteiger partial charge on any atom is -0.463 e. The molecular formula is C36H44N8O18. The molecule has 0 saturated carbocycles. The number of aromatic amines is 1. The zero-order chi connectivity index (χ0) is 45.2. The van der Waals surface area contributed by atoms with Crippen LogP contribution in [0, 0.1) is 0 Å². The lowest BCUT2D eigenvalue weighted by Gasteiger charge is -2.23. The standard InChI is InChI=1S/C20H26N4O10.C16H18N4O8/c1-11(25)31-7-14-16(32-12(2)26)17(33-13(3)27)20(34-14)24-9-21-15-18(24)22-8-23(19(15)28)10-30-6-5-29-4;1-7(21)25-4-10-12(26-8(2)22)13(27-9(3)23)16(28-10)20-6-19-11-14(20)17-5-18-15(11)24/h8-9,14,16-17,20H,5-7,10H2,1-4H3;5-6,10,12-13,16H,4H2,1-3H3,(H,17,18,24)/t14-,16+,17?,20-;10-,12+,13?,16-/m11/s1. The van der Waals surface area contributed by atoms with Crippen molar-refractivity contribution in [1.82, 2.24) is 38.6 Å². The molecule has 6 heterocycles. The zero-order valence-corrected chi connectivity index (χ0v) is 34.4. The number of H-pyrrole nitrogens is 1. The number of aromatic nitrogens is 8. The number of carbonyl (C=O) groups is 6. The number of esters is 6. The Hall–Kier alpha value is -6.64. The highest BCUT2D eigenvalue weighted by molar-refractivity contribution is 5.71. The molecule has 26 nitrogen and oxygen atoms in total. The maximum atomic E-state index is 12.8. The first-order chi connectivity index (χ1) is 29.5. The minimum absolute atomic E-state index is 0.0236. The Balaban J connectivity index is 0.000000238. The fourth-order valence-electron chi connectivity index (χ4n) is 6.41. The first kappa shape index (κ1) is 46.4. The van der Waals surface area contributed by atoms with Crippen molar-refractivity contribution >= 4 is 58.1 Å². The Bertz CT molecular complexity index is 2390. The highest BCUT2D eigenvalue weighted by Gasteiger charge is 2.52. The van der Waals surface area contributed by atoms with Gasteiger partial charge >= 0.3 is 35.8 Å². The highest BCUT2D eigenvalue weighted by atomic mass is 16.7. The van der Waals surface area contributed by atoms with Gasteiger partial charge in [-0.2, -0.15) is 0 Å². The number of imidazole rings is 2. The SMILES string of the molecule is CC(=O)OC[C@H]1O[C@@H](n2cnc3c(=O)[nH]cnc32)C(OC(C)=O)[C@H]1OC(C)=O.COCCOCn1cnc2c(ncn2[C@@H]2O[C@H](COC(C)=O)[C@H](OC(C)=O)C2OC(C)=O)c1=O. The molecule has 26 heteroatoms. The summed E-state index contributed by atoms with van der Waals surface area (Å²) >= 11 is 0. The molecule has 2 fully saturated rings. The van der Waals surface area contributed by atoms with Gasteiger partial charge in [-0.1, -0.05) is 0 Å². The van der Waals surface area contributed by atoms with Gasteiger partial charge in [-0.15, -0.1) is 0 Å². The molecule has 2 unspecified atom stereocenters. The zero-order valence-electron chi connectivity index (χ0n) is 34.4. The maximum Gasteiger partial charge on any atom is 0.303 e. The topological polar surface area (TPSA) is 311 Å². The summed E-state index contributed by atoms with van der Waals surface area (Å²) in [4.78, 5) is 113. The Morgan fingerprint density at radius 3 is 1.55 bits per heavy atom. The molecule has 8 atom stereocenters. The molecule has 62 heavy (non-hydrogen) atoms. The van der Waals surface area contributed by atoms with Crippen LogP contribution in [0.25, 0.3) is 22.3 Å². The molecule has 2 saturated heterocycles. The Labute approximate surface area is 349 Å². The van der Waals surface area contributed by atoms with E-state index in [9.17, 15) is 38.4 Å². The van der Waals surface area contributed by atoms with Gasteiger partial charge < -0.3 is 52.4 Å². The smallest absolute Gasteiger partial charge is 0.303 e. The summed E-state index contributed by atoms with van der Waals surface area (Å²) < 4.78 is 57.5. The molecule has 4 aromatic rings. The second-order valence-corrected chi connectivity index (χ2v) is 13.5. The number of hydrogen-bond acceptors (Lipinski definition) is 22. The molecule has 0 bridgehead atoms. The average molecular weight is 877 g/mol. The fourth-order valence-corrected chi connectivity index (χ4v) is 6.41. The largest absolute Gasteiger partial charge is 0.463 e. The van der Waals surface area contributed by atoms with Crippen LogP contribution in [-0.4, -0.2) is 145 Å². The maximum absolute atomic E-state index is 12.8. The van der Waals surface area contributed by atoms with Crippen molar-refractivity contribution in [1.29, 1.82) is 0 Å². The van der Waals surface area contributed by atoms with E-state index in [1.54, 1.807) is 0 Å². The van der Waals surface area contributed by atoms with Crippen LogP contribution in [0.5, 0.6) is 0 Å². The number of methoxy groups -OCH3 is 1. The van der Waals surface area contributed by atoms with Crippen LogP contribution < -0.4 is 11.1 Å². The molecule has 0 radical (unpaired) electrons. The van der Waals surface area contributed by atoms with Crippen LogP contribution in [0.4, 0.5) is 0 Å². The van der Waals surface area contributed by atoms with E-state index in [1.165, 1.54) is 87.7 Å². The van der Waals surface area contributed by atoms with E-state index < -0.39 is 96.0 Å². The van der Waals surface area contributed by atoms with Gasteiger partial charge in [-0.05, 0) is 0 Å². The number of nitrogens with one attached hydrogen (secondary N) is 1. The minimum atomic E-state index is -1.12. The lowest BCUT2D eigenvalue weighted by atomic mass is 10.1. The predicted molar refractivity (Wildman–Crippen MR) is 201 cm³/mol. The van der Waals surface area contributed by atoms with Gasteiger partial charge in [0.15, 0.2) is 59.2 Å². The van der Waals surface area contributed by atoms with Gasteiger partial charge in [0.1, 0.15) is 38.5 Å². The van der Waals surface area contributed by atoms with Gasteiger partial charge in [0, 0.05) is 48.7 Å². The Kier molecular flexibility index (Phi) is 15.5. The van der Waals surface area contributed by atoms with Crippen LogP contribution >= 0.6 is 0 Å². The van der Waals surface area contributed by atoms with Crippen molar-refractivity contribution < 1.29 is 76.1 Å². The van der Waals surface area contributed by atoms with E-state index in [0.717, 1.165) is 0 Å². The molecule has 0 amide bonds. The molecule has 4 aromatic heterocycles. The van der Waals surface area contributed by atoms with E-state index in [1.807, 2.05) is 0 Å². The molecule has 1 N–H and O–H groups in total. The predicted octanol–water partition coefficient (Wildman–Crippen LogP) is -1.02. The summed E-state index contributed by atoms with van der Waals surface area (Å²) in [5, 5.41) is 0. The number of hydrogen-bond donors (Lipinski definition) is 1. The van der Waals surface area contributed by atoms with Gasteiger partial charge in [0.05, 0.1) is 32.2 Å². The summed E-state index contributed by atoms with van der Waals surface area (Å²) in [7, 11) is 1.53. The van der Waals surface area contributed by atoms with Crippen LogP contribution in [0.3, 0.4) is 0 Å². The Morgan fingerprint density at radius 2 is 1.08 bits per heavy atom. The van der Waals surface area contributed by atoms with Crippen molar-refractivity contribution in [3.8, 4) is 0 Å². The number of ether oxygens (including phenoxy) is 10. The number of nitrogens with zero attached hydrogens (tertiary/aromatic N) is 7. The monoisotopic (exact) mass is 876 g/mol. The Morgan fingerprint density at radius 1 is 0.613 bits per heavy atom. The lowest BCUT2D eigenvalue weighted by Crippen LogP contribution is -2.40. The summed E-state index contributed by atoms with van der Waals surface area (Å²) in [6.07, 6.45) is -3.22. The highest BCUT2D eigenvalue weighted by Crippen LogP contribution is 2.37. The second kappa shape index (κ2) is 20.8. The summed E-state index contributed by atoms with van der Waals surface area (Å²) in [6.45, 7) is 7.31. The van der Waals surface area contributed by atoms with Crippen molar-refractivity contribution in [3.05, 3.63) is 46.0 Å². The van der Waals surface area contributed by atoms with E-state index in [4.69, 9.17) is 47.4 Å². The molecular weight excluding hydrogens is 832 g/mol. The van der Waals surface area contributed by atoms with Crippen molar-refractivity contribution in [2.45, 2.75) is 97.4 Å². The molecule has 2 aliphatic heterocycles. The molecule has 336 valence electrons. The van der Waals surface area contributed by atoms with Crippen molar-refractivity contribution in [3.63, 3.8) is 0 Å². The third-order valence-corrected chi connectivity index (χ3v) is 8.81. The van der Waals surface area contributed by atoms with Crippen molar-refractivity contribution in [2.75, 3.05) is 33.5 Å². The van der Waals surface area contributed by atoms with Crippen LogP contribution in [0.2, 0.25) is 0 Å². The van der Waals surface area contributed by atoms with E-state index >= 15 is 0 Å². The lowest BCUT2D eigenvalue weighted by molar-refractivity contribution is -0.166. The molecule has 0 aliphatic carbocycles. The van der Waals surface area contributed by atoms with Gasteiger partial charge in [-0.25, -0.2) is 19.9 Å². The van der Waals surface area contributed by atoms with Crippen LogP contribution in [0.1, 0.15) is 54.0 Å². The molecule has 0 aromatic carbocycles. The van der Waals surface area contributed by atoms with Crippen LogP contribution in [0.15, 0.2) is 34.9 Å². The van der Waals surface area contributed by atoms with E-state index in [2.05, 4.69) is 24.9 Å². The summed E-state index contributed by atoms with van der Waals surface area (Å²) in [5.41, 5.74) is -0.513. The van der Waals surface area contributed by atoms with Gasteiger partial charge in [0.25, 0.3) is 11.1 Å². The molecule has 0 spiro atoms. The summed E-state index contributed by atoms with van der Waals surface area (Å²) in [5.74, 6) is -3.70. The van der Waals surface area contributed by atoms with E-state index in [-0.39, 0.29) is 48.9 Å². The number of rotatable bonds is 15.